The minimum atomic E-state index is -4.80. The molecule has 0 saturated heterocycles. The Morgan fingerprint density at radius 3 is 1.77 bits per heavy atom. The van der Waals surface area contributed by atoms with E-state index in [1.807, 2.05) is 12.2 Å². The topological polar surface area (TPSA) is 212 Å². The van der Waals surface area contributed by atoms with E-state index in [9.17, 15) is 34.1 Å². The van der Waals surface area contributed by atoms with E-state index in [1.54, 1.807) is 6.08 Å². The van der Waals surface area contributed by atoms with Gasteiger partial charge < -0.3 is 35.4 Å². The summed E-state index contributed by atoms with van der Waals surface area (Å²) in [5.74, 6) is -2.72. The van der Waals surface area contributed by atoms with E-state index in [-0.39, 0.29) is 32.1 Å². The Kier molecular flexibility index (Phi) is 35.0. The molecule has 0 spiro atoms. The minimum Gasteiger partial charge on any atom is -0.480 e. The van der Waals surface area contributed by atoms with Crippen molar-refractivity contribution in [2.24, 2.45) is 5.73 Å². The first-order chi connectivity index (χ1) is 26.9. The van der Waals surface area contributed by atoms with Crippen molar-refractivity contribution in [3.8, 4) is 0 Å². The smallest absolute Gasteiger partial charge is 0.472 e. The number of aliphatic hydroxyl groups excluding tert-OH is 2. The Balaban J connectivity index is 4.67. The number of hydrogen-bond donors (Lipinski definition) is 5. The van der Waals surface area contributed by atoms with Gasteiger partial charge in [-0.1, -0.05) is 114 Å². The zero-order valence-electron chi connectivity index (χ0n) is 34.2. The van der Waals surface area contributed by atoms with Gasteiger partial charge in [0.2, 0.25) is 0 Å². The van der Waals surface area contributed by atoms with E-state index in [2.05, 4.69) is 48.8 Å². The molecule has 0 aliphatic rings. The van der Waals surface area contributed by atoms with Crippen molar-refractivity contribution in [3.05, 3.63) is 48.6 Å². The summed E-state index contributed by atoms with van der Waals surface area (Å²) in [6.45, 7) is 2.43. The van der Waals surface area contributed by atoms with E-state index in [0.717, 1.165) is 51.4 Å². The molecule has 0 bridgehead atoms. The minimum absolute atomic E-state index is 0.115. The molecule has 56 heavy (non-hydrogen) atoms. The fourth-order valence-electron chi connectivity index (χ4n) is 5.28. The van der Waals surface area contributed by atoms with Crippen molar-refractivity contribution in [2.45, 2.75) is 179 Å². The molecule has 13 nitrogen and oxygen atoms in total. The second kappa shape index (κ2) is 36.7. The zero-order chi connectivity index (χ0) is 41.7. The van der Waals surface area contributed by atoms with Crippen LogP contribution in [0.15, 0.2) is 48.6 Å². The molecule has 5 atom stereocenters. The van der Waals surface area contributed by atoms with Gasteiger partial charge in [-0.15, -0.1) is 0 Å². The predicted octanol–water partition coefficient (Wildman–Crippen LogP) is 8.56. The molecule has 0 aliphatic heterocycles. The maximum atomic E-state index is 12.6. The molecular formula is C42H74NO12P. The van der Waals surface area contributed by atoms with Crippen LogP contribution >= 0.6 is 7.82 Å². The number of carbonyl (C=O) groups is 3. The Bertz CT molecular complexity index is 1170. The van der Waals surface area contributed by atoms with Gasteiger partial charge >= 0.3 is 25.7 Å². The van der Waals surface area contributed by atoms with Crippen molar-refractivity contribution in [2.75, 3.05) is 19.8 Å². The van der Waals surface area contributed by atoms with E-state index >= 15 is 0 Å². The van der Waals surface area contributed by atoms with Crippen LogP contribution in [0.5, 0.6) is 0 Å². The van der Waals surface area contributed by atoms with Crippen LogP contribution in [0.3, 0.4) is 0 Å². The predicted molar refractivity (Wildman–Crippen MR) is 220 cm³/mol. The number of carboxylic acid groups (broad SMARTS) is 1. The van der Waals surface area contributed by atoms with Gasteiger partial charge in [-0.05, 0) is 77.0 Å². The number of ether oxygens (including phenoxy) is 2. The van der Waals surface area contributed by atoms with Gasteiger partial charge in [0.25, 0.3) is 0 Å². The number of nitrogens with two attached hydrogens (primary N) is 1. The average molecular weight is 816 g/mol. The van der Waals surface area contributed by atoms with Crippen LogP contribution in [0, 0.1) is 0 Å². The fraction of sp³-hybridized carbons (Fsp3) is 0.738. The van der Waals surface area contributed by atoms with E-state index in [4.69, 9.17) is 24.8 Å². The van der Waals surface area contributed by atoms with Gasteiger partial charge in [-0.25, -0.2) is 4.57 Å². The van der Waals surface area contributed by atoms with Gasteiger partial charge in [0.1, 0.15) is 12.6 Å². The van der Waals surface area contributed by atoms with Crippen molar-refractivity contribution in [1.29, 1.82) is 0 Å². The molecule has 0 saturated carbocycles. The van der Waals surface area contributed by atoms with Gasteiger partial charge in [-0.3, -0.25) is 23.4 Å². The third-order valence-corrected chi connectivity index (χ3v) is 9.70. The Hall–Kier alpha value is -2.64. The normalized spacial score (nSPS) is 15.4. The summed E-state index contributed by atoms with van der Waals surface area (Å²) in [5.41, 5.74) is 5.31. The highest BCUT2D eigenvalue weighted by Crippen LogP contribution is 2.43. The second-order valence-corrected chi connectivity index (χ2v) is 15.5. The molecule has 0 amide bonds. The van der Waals surface area contributed by atoms with E-state index in [1.165, 1.54) is 44.9 Å². The molecule has 6 N–H and O–H groups in total. The number of unbranched alkanes of at least 4 members (excludes halogenated alkanes) is 12. The average Bonchev–Trinajstić information content (AvgIpc) is 3.16. The first-order valence-electron chi connectivity index (χ1n) is 20.8. The number of aliphatic carboxylic acids is 1. The van der Waals surface area contributed by atoms with Crippen LogP contribution in [0.25, 0.3) is 0 Å². The third kappa shape index (κ3) is 34.6. The maximum absolute atomic E-state index is 12.6. The van der Waals surface area contributed by atoms with Crippen LogP contribution in [0.4, 0.5) is 0 Å². The number of esters is 2. The monoisotopic (exact) mass is 815 g/mol. The molecule has 324 valence electrons. The molecule has 0 heterocycles. The third-order valence-electron chi connectivity index (χ3n) is 8.75. The summed E-state index contributed by atoms with van der Waals surface area (Å²) in [6.07, 6.45) is 32.1. The molecule has 14 heteroatoms. The number of carboxylic acids is 1. The molecule has 0 aliphatic carbocycles. The van der Waals surface area contributed by atoms with Crippen LogP contribution in [-0.4, -0.2) is 82.3 Å². The fourth-order valence-corrected chi connectivity index (χ4v) is 6.06. The van der Waals surface area contributed by atoms with Crippen LogP contribution in [0.2, 0.25) is 0 Å². The Morgan fingerprint density at radius 2 is 1.12 bits per heavy atom. The molecule has 0 radical (unpaired) electrons. The lowest BCUT2D eigenvalue weighted by Crippen LogP contribution is -2.34. The lowest BCUT2D eigenvalue weighted by molar-refractivity contribution is -0.161. The number of rotatable bonds is 38. The lowest BCUT2D eigenvalue weighted by atomic mass is 10.0. The number of allylic oxidation sites excluding steroid dienone is 7. The highest BCUT2D eigenvalue weighted by molar-refractivity contribution is 7.47. The Labute approximate surface area is 336 Å². The molecule has 0 fully saturated rings. The molecule has 0 rings (SSSR count). The molecule has 0 aromatic rings. The maximum Gasteiger partial charge on any atom is 0.472 e. The highest BCUT2D eigenvalue weighted by Gasteiger charge is 2.28. The quantitative estimate of drug-likeness (QED) is 0.0171. The number of carbonyl (C=O) groups excluding carboxylic acids is 2. The van der Waals surface area contributed by atoms with Crippen LogP contribution in [-0.2, 0) is 37.5 Å². The summed E-state index contributed by atoms with van der Waals surface area (Å²) in [7, 11) is -4.80. The first-order valence-corrected chi connectivity index (χ1v) is 22.3. The standard InChI is InChI=1S/C42H74NO12P/c1-3-5-7-9-11-13-15-17-19-21-23-25-27-31-40(46)52-33-36(34-53-56(50,51)54-35-37(43)42(48)49)55-41(47)32-28-30-39(45)38(44)29-26-24-22-20-18-16-14-12-10-8-6-4-2/h12-15,18,20,24,26,36-39,44-45H,3-11,16-17,19,21-23,25,27-35,43H2,1-2H3,(H,48,49)(H,50,51)/b14-12-,15-13-,20-18-,26-24-/t36-,37+,38?,39?/m1/s1. The van der Waals surface area contributed by atoms with Gasteiger partial charge in [0, 0.05) is 12.8 Å². The van der Waals surface area contributed by atoms with Gasteiger partial charge in [0.05, 0.1) is 25.4 Å². The SMILES string of the molecule is CCCCC/C=C\C/C=C\C/C=C\CC(O)C(O)CCCC(=O)O[C@H](COC(=O)CCCCCCC/C=C\CCCCCC)COP(=O)(O)OC[C@H](N)C(=O)O. The van der Waals surface area contributed by atoms with Crippen LogP contribution < -0.4 is 5.73 Å². The number of aliphatic hydroxyl groups is 2. The number of hydrogen-bond acceptors (Lipinski definition) is 11. The van der Waals surface area contributed by atoms with Crippen molar-refractivity contribution < 1.29 is 57.7 Å². The summed E-state index contributed by atoms with van der Waals surface area (Å²) in [6, 6.07) is -1.57. The largest absolute Gasteiger partial charge is 0.480 e. The lowest BCUT2D eigenvalue weighted by Gasteiger charge is -2.20. The van der Waals surface area contributed by atoms with Crippen molar-refractivity contribution >= 4 is 25.7 Å². The Morgan fingerprint density at radius 1 is 0.625 bits per heavy atom. The first kappa shape index (κ1) is 53.4. The summed E-state index contributed by atoms with van der Waals surface area (Å²) >= 11 is 0. The summed E-state index contributed by atoms with van der Waals surface area (Å²) in [4.78, 5) is 45.9. The molecular weight excluding hydrogens is 741 g/mol. The summed E-state index contributed by atoms with van der Waals surface area (Å²) < 4.78 is 32.4. The zero-order valence-corrected chi connectivity index (χ0v) is 35.1. The van der Waals surface area contributed by atoms with Gasteiger partial charge in [0.15, 0.2) is 6.10 Å². The van der Waals surface area contributed by atoms with Crippen LogP contribution in [0.1, 0.15) is 155 Å². The van der Waals surface area contributed by atoms with Crippen molar-refractivity contribution in [3.63, 3.8) is 0 Å². The molecule has 3 unspecified atom stereocenters. The van der Waals surface area contributed by atoms with E-state index < -0.39 is 69.9 Å². The van der Waals surface area contributed by atoms with Gasteiger partial charge in [-0.2, -0.15) is 0 Å². The number of phosphoric ester groups is 1. The molecule has 0 aromatic carbocycles. The van der Waals surface area contributed by atoms with Crippen molar-refractivity contribution in [1.82, 2.24) is 0 Å². The molecule has 0 aromatic heterocycles. The summed E-state index contributed by atoms with van der Waals surface area (Å²) in [5, 5.41) is 29.6. The second-order valence-electron chi connectivity index (χ2n) is 14.1. The number of phosphoric acid groups is 1. The highest BCUT2D eigenvalue weighted by atomic mass is 31.2. The van der Waals surface area contributed by atoms with E-state index in [0.29, 0.717) is 12.8 Å².